The van der Waals surface area contributed by atoms with Crippen LogP contribution >= 0.6 is 0 Å². The fourth-order valence-electron chi connectivity index (χ4n) is 2.48. The van der Waals surface area contributed by atoms with Gasteiger partial charge in [0.25, 0.3) is 5.91 Å². The van der Waals surface area contributed by atoms with Crippen molar-refractivity contribution >= 4 is 17.3 Å². The van der Waals surface area contributed by atoms with Gasteiger partial charge in [-0.25, -0.2) is 4.98 Å². The summed E-state index contributed by atoms with van der Waals surface area (Å²) in [7, 11) is 1.66. The number of pyridine rings is 1. The van der Waals surface area contributed by atoms with E-state index in [4.69, 9.17) is 4.74 Å². The normalized spacial score (nSPS) is 10.4. The zero-order valence-corrected chi connectivity index (χ0v) is 14.1. The number of ether oxygens (including phenoxy) is 1. The number of carbonyl (C=O) groups excluding carboxylic acids is 1. The Hall–Kier alpha value is -2.40. The van der Waals surface area contributed by atoms with E-state index in [-0.39, 0.29) is 5.91 Å². The molecule has 0 saturated heterocycles. The van der Waals surface area contributed by atoms with Gasteiger partial charge in [0.1, 0.15) is 5.69 Å². The lowest BCUT2D eigenvalue weighted by atomic mass is 10.0. The number of nitrogens with zero attached hydrogens (tertiary/aromatic N) is 1. The number of rotatable bonds is 6. The number of anilines is 2. The summed E-state index contributed by atoms with van der Waals surface area (Å²) in [6.45, 7) is 7.35. The predicted octanol–water partition coefficient (Wildman–Crippen LogP) is 3.32. The highest BCUT2D eigenvalue weighted by molar-refractivity contribution is 6.03. The Kier molecular flexibility index (Phi) is 5.71. The Morgan fingerprint density at radius 2 is 1.87 bits per heavy atom. The van der Waals surface area contributed by atoms with Crippen LogP contribution in [0.15, 0.2) is 30.5 Å². The standard InChI is InChI=1S/C18H23N3O2/c1-12-9-13(2)17(14(3)10-12)21-18(22)16-6-5-15(11-20-16)19-7-8-23-4/h5-6,9-11,19H,7-8H2,1-4H3,(H,21,22). The van der Waals surface area contributed by atoms with Crippen molar-refractivity contribution in [2.75, 3.05) is 30.9 Å². The summed E-state index contributed by atoms with van der Waals surface area (Å²) in [5, 5.41) is 6.12. The molecule has 1 aromatic heterocycles. The maximum atomic E-state index is 12.4. The summed E-state index contributed by atoms with van der Waals surface area (Å²) in [4.78, 5) is 16.6. The number of benzene rings is 1. The lowest BCUT2D eigenvalue weighted by Gasteiger charge is -2.13. The smallest absolute Gasteiger partial charge is 0.274 e. The minimum atomic E-state index is -0.205. The van der Waals surface area contributed by atoms with Crippen LogP contribution in [-0.4, -0.2) is 31.2 Å². The Labute approximate surface area is 137 Å². The van der Waals surface area contributed by atoms with Gasteiger partial charge in [0, 0.05) is 19.3 Å². The zero-order chi connectivity index (χ0) is 16.8. The van der Waals surface area contributed by atoms with E-state index in [1.807, 2.05) is 26.8 Å². The number of carbonyl (C=O) groups is 1. The number of aromatic nitrogens is 1. The number of hydrogen-bond acceptors (Lipinski definition) is 4. The molecule has 23 heavy (non-hydrogen) atoms. The van der Waals surface area contributed by atoms with Gasteiger partial charge in [-0.15, -0.1) is 0 Å². The highest BCUT2D eigenvalue weighted by atomic mass is 16.5. The molecule has 0 aliphatic heterocycles. The van der Waals surface area contributed by atoms with Crippen LogP contribution in [0.25, 0.3) is 0 Å². The first-order valence-electron chi connectivity index (χ1n) is 7.59. The average molecular weight is 313 g/mol. The van der Waals surface area contributed by atoms with E-state index in [9.17, 15) is 4.79 Å². The molecule has 0 fully saturated rings. The molecule has 2 rings (SSSR count). The van der Waals surface area contributed by atoms with E-state index in [1.54, 1.807) is 19.4 Å². The van der Waals surface area contributed by atoms with Gasteiger partial charge >= 0.3 is 0 Å². The van der Waals surface area contributed by atoms with Gasteiger partial charge in [0.05, 0.1) is 18.5 Å². The first-order chi connectivity index (χ1) is 11.0. The lowest BCUT2D eigenvalue weighted by molar-refractivity contribution is 0.102. The number of methoxy groups -OCH3 is 1. The first kappa shape index (κ1) is 17.0. The van der Waals surface area contributed by atoms with Gasteiger partial charge < -0.3 is 15.4 Å². The number of nitrogens with one attached hydrogen (secondary N) is 2. The molecular formula is C18H23N3O2. The Balaban J connectivity index is 2.06. The third-order valence-electron chi connectivity index (χ3n) is 3.55. The summed E-state index contributed by atoms with van der Waals surface area (Å²) >= 11 is 0. The summed E-state index contributed by atoms with van der Waals surface area (Å²) in [5.74, 6) is -0.205. The van der Waals surface area contributed by atoms with Crippen LogP contribution in [0.5, 0.6) is 0 Å². The summed E-state index contributed by atoms with van der Waals surface area (Å²) in [6.07, 6.45) is 1.65. The molecule has 0 atom stereocenters. The van der Waals surface area contributed by atoms with E-state index in [2.05, 4.69) is 27.8 Å². The van der Waals surface area contributed by atoms with Crippen molar-refractivity contribution in [2.45, 2.75) is 20.8 Å². The molecule has 0 aliphatic rings. The highest BCUT2D eigenvalue weighted by Crippen LogP contribution is 2.22. The van der Waals surface area contributed by atoms with Crippen LogP contribution in [0.1, 0.15) is 27.2 Å². The molecule has 0 unspecified atom stereocenters. The van der Waals surface area contributed by atoms with Crippen molar-refractivity contribution in [1.29, 1.82) is 0 Å². The molecule has 1 heterocycles. The molecule has 2 N–H and O–H groups in total. The first-order valence-corrected chi connectivity index (χ1v) is 7.59. The second kappa shape index (κ2) is 7.74. The van der Waals surface area contributed by atoms with Crippen molar-refractivity contribution in [3.8, 4) is 0 Å². The quantitative estimate of drug-likeness (QED) is 0.803. The Morgan fingerprint density at radius 1 is 1.17 bits per heavy atom. The predicted molar refractivity (Wildman–Crippen MR) is 93.2 cm³/mol. The fraction of sp³-hybridized carbons (Fsp3) is 0.333. The van der Waals surface area contributed by atoms with Crippen LogP contribution in [-0.2, 0) is 4.74 Å². The van der Waals surface area contributed by atoms with E-state index in [1.165, 1.54) is 5.56 Å². The number of amides is 1. The Morgan fingerprint density at radius 3 is 2.43 bits per heavy atom. The van der Waals surface area contributed by atoms with Crippen LogP contribution in [0, 0.1) is 20.8 Å². The second-order valence-electron chi connectivity index (χ2n) is 5.58. The van der Waals surface area contributed by atoms with E-state index < -0.39 is 0 Å². The topological polar surface area (TPSA) is 63.2 Å². The summed E-state index contributed by atoms with van der Waals surface area (Å²) in [6, 6.07) is 7.66. The lowest BCUT2D eigenvalue weighted by Crippen LogP contribution is -2.16. The second-order valence-corrected chi connectivity index (χ2v) is 5.58. The van der Waals surface area contributed by atoms with E-state index in [0.717, 1.165) is 22.5 Å². The molecule has 0 bridgehead atoms. The third-order valence-corrected chi connectivity index (χ3v) is 3.55. The van der Waals surface area contributed by atoms with Crippen molar-refractivity contribution in [3.05, 3.63) is 52.8 Å². The van der Waals surface area contributed by atoms with E-state index in [0.29, 0.717) is 18.8 Å². The molecule has 1 amide bonds. The van der Waals surface area contributed by atoms with Gasteiger partial charge in [-0.05, 0) is 44.0 Å². The highest BCUT2D eigenvalue weighted by Gasteiger charge is 2.11. The summed E-state index contributed by atoms with van der Waals surface area (Å²) < 4.78 is 4.98. The van der Waals surface area contributed by atoms with Gasteiger partial charge in [0.2, 0.25) is 0 Å². The van der Waals surface area contributed by atoms with E-state index >= 15 is 0 Å². The monoisotopic (exact) mass is 313 g/mol. The maximum Gasteiger partial charge on any atom is 0.274 e. The zero-order valence-electron chi connectivity index (χ0n) is 14.1. The molecule has 0 aliphatic carbocycles. The van der Waals surface area contributed by atoms with Crippen molar-refractivity contribution in [1.82, 2.24) is 4.98 Å². The minimum Gasteiger partial charge on any atom is -0.383 e. The molecule has 122 valence electrons. The van der Waals surface area contributed by atoms with Crippen molar-refractivity contribution < 1.29 is 9.53 Å². The third kappa shape index (κ3) is 4.53. The minimum absolute atomic E-state index is 0.205. The number of aryl methyl sites for hydroxylation is 3. The molecule has 2 aromatic rings. The number of hydrogen-bond donors (Lipinski definition) is 2. The largest absolute Gasteiger partial charge is 0.383 e. The molecule has 5 heteroatoms. The van der Waals surface area contributed by atoms with Gasteiger partial charge in [0.15, 0.2) is 0 Å². The molecular weight excluding hydrogens is 290 g/mol. The van der Waals surface area contributed by atoms with Crippen LogP contribution < -0.4 is 10.6 Å². The van der Waals surface area contributed by atoms with Gasteiger partial charge in [-0.1, -0.05) is 17.7 Å². The van der Waals surface area contributed by atoms with Gasteiger partial charge in [-0.2, -0.15) is 0 Å². The van der Waals surface area contributed by atoms with Crippen molar-refractivity contribution in [3.63, 3.8) is 0 Å². The molecule has 0 radical (unpaired) electrons. The van der Waals surface area contributed by atoms with Crippen LogP contribution in [0.4, 0.5) is 11.4 Å². The van der Waals surface area contributed by atoms with Crippen LogP contribution in [0.2, 0.25) is 0 Å². The van der Waals surface area contributed by atoms with Crippen LogP contribution in [0.3, 0.4) is 0 Å². The molecule has 5 nitrogen and oxygen atoms in total. The molecule has 0 saturated carbocycles. The van der Waals surface area contributed by atoms with Gasteiger partial charge in [-0.3, -0.25) is 4.79 Å². The summed E-state index contributed by atoms with van der Waals surface area (Å²) in [5.41, 5.74) is 5.39. The average Bonchev–Trinajstić information content (AvgIpc) is 2.51. The SMILES string of the molecule is COCCNc1ccc(C(=O)Nc2c(C)cc(C)cc2C)nc1. The maximum absolute atomic E-state index is 12.4. The Bertz CT molecular complexity index is 658. The molecule has 0 spiro atoms. The van der Waals surface area contributed by atoms with Crippen molar-refractivity contribution in [2.24, 2.45) is 0 Å². The fourth-order valence-corrected chi connectivity index (χ4v) is 2.48. The molecule has 1 aromatic carbocycles.